The van der Waals surface area contributed by atoms with Crippen LogP contribution in [0.3, 0.4) is 0 Å². The molecule has 0 fully saturated rings. The third kappa shape index (κ3) is 4.17. The van der Waals surface area contributed by atoms with Crippen molar-refractivity contribution in [1.82, 2.24) is 19.9 Å². The van der Waals surface area contributed by atoms with Crippen molar-refractivity contribution in [3.8, 4) is 23.5 Å². The summed E-state index contributed by atoms with van der Waals surface area (Å²) in [6.45, 7) is 0. The molecule has 2 aliphatic rings. The number of H-pyrrole nitrogens is 2. The summed E-state index contributed by atoms with van der Waals surface area (Å²) in [5.41, 5.74) is 10.6. The fourth-order valence-corrected chi connectivity index (χ4v) is 4.00. The zero-order valence-corrected chi connectivity index (χ0v) is 18.4. The average Bonchev–Trinajstić information content (AvgIpc) is 3.59. The topological polar surface area (TPSA) is 57.4 Å². The molecule has 0 atom stereocenters. The first kappa shape index (κ1) is 20.8. The number of aromatic nitrogens is 4. The van der Waals surface area contributed by atoms with E-state index in [4.69, 9.17) is 16.4 Å². The van der Waals surface area contributed by atoms with Crippen molar-refractivity contribution in [2.24, 2.45) is 0 Å². The summed E-state index contributed by atoms with van der Waals surface area (Å²) in [7, 11) is 0. The van der Waals surface area contributed by atoms with Gasteiger partial charge in [0.25, 0.3) is 0 Å². The van der Waals surface area contributed by atoms with E-state index in [0.717, 1.165) is 61.5 Å². The molecule has 0 unspecified atom stereocenters. The summed E-state index contributed by atoms with van der Waals surface area (Å²) in [4.78, 5) is 16.4. The van der Waals surface area contributed by atoms with Crippen LogP contribution in [0, 0.1) is 12.3 Å². The van der Waals surface area contributed by atoms with Crippen molar-refractivity contribution in [3.63, 3.8) is 0 Å². The van der Waals surface area contributed by atoms with Crippen molar-refractivity contribution in [3.05, 3.63) is 95.1 Å². The Hall–Kier alpha value is -4.13. The molecule has 8 bridgehead atoms. The SMILES string of the molecule is C#Cc1ccc(-c2cc3cc4nc(cc5ccc(cc6nc(cc2[nH]3)C=C6)[nH]5)C=C4)cc1.[Ni]. The summed E-state index contributed by atoms with van der Waals surface area (Å²) >= 11 is 0. The second-order valence-electron chi connectivity index (χ2n) is 7.81. The van der Waals surface area contributed by atoms with Crippen LogP contribution >= 0.6 is 0 Å². The van der Waals surface area contributed by atoms with Crippen LogP contribution in [-0.2, 0) is 16.5 Å². The van der Waals surface area contributed by atoms with Gasteiger partial charge in [-0.2, -0.15) is 0 Å². The van der Waals surface area contributed by atoms with Crippen LogP contribution in [0.5, 0.6) is 0 Å². The fraction of sp³-hybridized carbons (Fsp3) is 0. The molecular weight excluding hydrogens is 451 g/mol. The van der Waals surface area contributed by atoms with Crippen molar-refractivity contribution >= 4 is 46.4 Å². The fourth-order valence-electron chi connectivity index (χ4n) is 4.00. The summed E-state index contributed by atoms with van der Waals surface area (Å²) in [5, 5.41) is 0. The molecule has 3 aromatic heterocycles. The molecule has 4 aromatic rings. The van der Waals surface area contributed by atoms with E-state index < -0.39 is 0 Å². The summed E-state index contributed by atoms with van der Waals surface area (Å²) in [6.07, 6.45) is 13.6. The minimum absolute atomic E-state index is 0. The molecular formula is C28H18N4Ni. The summed E-state index contributed by atoms with van der Waals surface area (Å²) < 4.78 is 0. The first-order valence-corrected chi connectivity index (χ1v) is 10.4. The van der Waals surface area contributed by atoms with Gasteiger partial charge in [0.15, 0.2) is 0 Å². The Labute approximate surface area is 201 Å². The van der Waals surface area contributed by atoms with Gasteiger partial charge < -0.3 is 9.97 Å². The molecule has 5 heterocycles. The van der Waals surface area contributed by atoms with Crippen molar-refractivity contribution < 1.29 is 16.5 Å². The van der Waals surface area contributed by atoms with E-state index in [1.54, 1.807) is 0 Å². The van der Waals surface area contributed by atoms with Gasteiger partial charge in [-0.3, -0.25) is 0 Å². The smallest absolute Gasteiger partial charge is 0.0658 e. The average molecular weight is 469 g/mol. The number of nitrogens with one attached hydrogen (secondary N) is 2. The first-order valence-electron chi connectivity index (χ1n) is 10.4. The molecule has 1 aromatic carbocycles. The number of rotatable bonds is 1. The van der Waals surface area contributed by atoms with Gasteiger partial charge in [-0.1, -0.05) is 18.1 Å². The molecule has 160 valence electrons. The van der Waals surface area contributed by atoms with Gasteiger partial charge >= 0.3 is 0 Å². The van der Waals surface area contributed by atoms with E-state index in [2.05, 4.69) is 46.2 Å². The summed E-state index contributed by atoms with van der Waals surface area (Å²) in [6, 6.07) is 22.5. The van der Waals surface area contributed by atoms with Crippen molar-refractivity contribution in [1.29, 1.82) is 0 Å². The number of nitrogens with zero attached hydrogens (tertiary/aromatic N) is 2. The van der Waals surface area contributed by atoms with E-state index in [1.165, 1.54) is 0 Å². The second kappa shape index (κ2) is 8.43. The quantitative estimate of drug-likeness (QED) is 0.219. The van der Waals surface area contributed by atoms with E-state index in [1.807, 2.05) is 60.7 Å². The van der Waals surface area contributed by atoms with Crippen LogP contribution in [-0.4, -0.2) is 19.9 Å². The zero-order chi connectivity index (χ0) is 21.5. The van der Waals surface area contributed by atoms with E-state index >= 15 is 0 Å². The molecule has 33 heavy (non-hydrogen) atoms. The van der Waals surface area contributed by atoms with Gasteiger partial charge in [-0.15, -0.1) is 6.42 Å². The molecule has 6 rings (SSSR count). The standard InChI is InChI=1S/C28H18N4.Ni/c1-2-18-3-5-19(6-4-18)27-16-26-15-24-10-9-22(30-24)13-20-7-8-21(29-20)14-23-11-12-25(31-23)17-28(27)32-26;/h1,3-17,29,32H;. The van der Waals surface area contributed by atoms with Gasteiger partial charge in [-0.25, -0.2) is 9.97 Å². The predicted molar refractivity (Wildman–Crippen MR) is 132 cm³/mol. The van der Waals surface area contributed by atoms with Crippen molar-refractivity contribution in [2.75, 3.05) is 0 Å². The molecule has 0 spiro atoms. The Bertz CT molecular complexity index is 1630. The van der Waals surface area contributed by atoms with Gasteiger partial charge in [0.05, 0.1) is 22.8 Å². The second-order valence-corrected chi connectivity index (χ2v) is 7.81. The molecule has 0 saturated heterocycles. The number of hydrogen-bond acceptors (Lipinski definition) is 2. The van der Waals surface area contributed by atoms with Crippen LogP contribution in [0.1, 0.15) is 28.3 Å². The van der Waals surface area contributed by atoms with Crippen LogP contribution in [0.4, 0.5) is 0 Å². The Morgan fingerprint density at radius 3 is 1.73 bits per heavy atom. The van der Waals surface area contributed by atoms with Crippen LogP contribution < -0.4 is 0 Å². The maximum absolute atomic E-state index is 5.53. The largest absolute Gasteiger partial charge is 0.355 e. The predicted octanol–water partition coefficient (Wildman–Crippen LogP) is 6.30. The van der Waals surface area contributed by atoms with E-state index in [0.29, 0.717) is 0 Å². The number of fused-ring (bicyclic) bond motifs is 8. The molecule has 0 saturated carbocycles. The van der Waals surface area contributed by atoms with Crippen LogP contribution in [0.2, 0.25) is 0 Å². The number of terminal acetylenes is 1. The third-order valence-corrected chi connectivity index (χ3v) is 5.53. The molecule has 5 heteroatoms. The summed E-state index contributed by atoms with van der Waals surface area (Å²) in [5.74, 6) is 2.68. The Balaban J connectivity index is 0.00000228. The van der Waals surface area contributed by atoms with Gasteiger partial charge in [0.1, 0.15) is 0 Å². The van der Waals surface area contributed by atoms with E-state index in [9.17, 15) is 0 Å². The molecule has 2 N–H and O–H groups in total. The maximum atomic E-state index is 5.53. The zero-order valence-electron chi connectivity index (χ0n) is 17.4. The molecule has 4 nitrogen and oxygen atoms in total. The first-order chi connectivity index (χ1) is 15.7. The van der Waals surface area contributed by atoms with Gasteiger partial charge in [0.2, 0.25) is 0 Å². The molecule has 0 aliphatic carbocycles. The number of aromatic amines is 2. The van der Waals surface area contributed by atoms with Gasteiger partial charge in [-0.05, 0) is 84.5 Å². The van der Waals surface area contributed by atoms with Crippen molar-refractivity contribution in [2.45, 2.75) is 0 Å². The minimum atomic E-state index is 0. The minimum Gasteiger partial charge on any atom is -0.355 e. The Kier molecular flexibility index (Phi) is 5.30. The normalized spacial score (nSPS) is 11.7. The maximum Gasteiger partial charge on any atom is 0.0658 e. The van der Waals surface area contributed by atoms with Crippen LogP contribution in [0.25, 0.3) is 57.5 Å². The Morgan fingerprint density at radius 1 is 0.606 bits per heavy atom. The molecule has 2 aliphatic heterocycles. The number of benzene rings is 1. The monoisotopic (exact) mass is 468 g/mol. The molecule has 0 amide bonds. The number of hydrogen-bond donors (Lipinski definition) is 2. The van der Waals surface area contributed by atoms with Gasteiger partial charge in [0, 0.05) is 49.7 Å². The molecule has 0 radical (unpaired) electrons. The third-order valence-electron chi connectivity index (χ3n) is 5.53. The van der Waals surface area contributed by atoms with E-state index in [-0.39, 0.29) is 16.5 Å². The Morgan fingerprint density at radius 2 is 1.15 bits per heavy atom. The van der Waals surface area contributed by atoms with Crippen LogP contribution in [0.15, 0.2) is 66.7 Å².